The van der Waals surface area contributed by atoms with E-state index in [1.54, 1.807) is 32.0 Å². The lowest BCUT2D eigenvalue weighted by molar-refractivity contribution is -0.271. The Kier molecular flexibility index (Phi) is 9.88. The maximum Gasteiger partial charge on any atom is 0.429 e. The number of hydrogen-bond donors (Lipinski definition) is 2. The molecule has 2 aromatic carbocycles. The van der Waals surface area contributed by atoms with Gasteiger partial charge in [-0.3, -0.25) is 0 Å². The second-order valence-electron chi connectivity index (χ2n) is 8.22. The van der Waals surface area contributed by atoms with Gasteiger partial charge in [0.05, 0.1) is 6.42 Å². The molecular formula is C27H32F6O2. The normalized spacial score (nSPS) is 13.7. The summed E-state index contributed by atoms with van der Waals surface area (Å²) in [7, 11) is 0. The van der Waals surface area contributed by atoms with Gasteiger partial charge in [0.2, 0.25) is 5.60 Å². The van der Waals surface area contributed by atoms with E-state index < -0.39 is 29.8 Å². The Morgan fingerprint density at radius 1 is 0.800 bits per heavy atom. The van der Waals surface area contributed by atoms with Gasteiger partial charge in [-0.2, -0.15) is 26.3 Å². The minimum atomic E-state index is -5.57. The van der Waals surface area contributed by atoms with Crippen LogP contribution in [0.2, 0.25) is 0 Å². The Morgan fingerprint density at radius 3 is 1.69 bits per heavy atom. The zero-order valence-electron chi connectivity index (χ0n) is 20.7. The van der Waals surface area contributed by atoms with Crippen molar-refractivity contribution < 1.29 is 36.6 Å². The first-order valence-electron chi connectivity index (χ1n) is 11.4. The number of aryl methyl sites for hydroxylation is 2. The van der Waals surface area contributed by atoms with Gasteiger partial charge in [-0.1, -0.05) is 63.8 Å². The van der Waals surface area contributed by atoms with Crippen LogP contribution in [0, 0.1) is 25.7 Å². The van der Waals surface area contributed by atoms with Crippen molar-refractivity contribution in [2.75, 3.05) is 0 Å². The van der Waals surface area contributed by atoms with Gasteiger partial charge in [0.15, 0.2) is 0 Å². The molecule has 0 aliphatic heterocycles. The van der Waals surface area contributed by atoms with Crippen LogP contribution in [0.1, 0.15) is 74.8 Å². The number of rotatable bonds is 5. The number of aromatic hydroxyl groups is 1. The molecule has 2 N–H and O–H groups in total. The fourth-order valence-corrected chi connectivity index (χ4v) is 3.96. The number of alkyl halides is 6. The van der Waals surface area contributed by atoms with Crippen molar-refractivity contribution in [3.05, 3.63) is 64.2 Å². The van der Waals surface area contributed by atoms with Crippen LogP contribution in [0.3, 0.4) is 0 Å². The van der Waals surface area contributed by atoms with Gasteiger partial charge >= 0.3 is 12.4 Å². The molecule has 0 fully saturated rings. The van der Waals surface area contributed by atoms with Crippen molar-refractivity contribution in [2.45, 2.75) is 84.2 Å². The Bertz CT molecular complexity index is 1060. The van der Waals surface area contributed by atoms with Gasteiger partial charge in [-0.05, 0) is 61.1 Å². The summed E-state index contributed by atoms with van der Waals surface area (Å²) in [5, 5.41) is 19.5. The van der Waals surface area contributed by atoms with E-state index >= 15 is 0 Å². The molecule has 0 saturated heterocycles. The summed E-state index contributed by atoms with van der Waals surface area (Å²) in [5.41, 5.74) is -1.56. The van der Waals surface area contributed by atoms with Gasteiger partial charge in [-0.15, -0.1) is 0 Å². The summed E-state index contributed by atoms with van der Waals surface area (Å²) in [5.74, 6) is 3.68. The lowest BCUT2D eigenvalue weighted by Crippen LogP contribution is -2.47. The van der Waals surface area contributed by atoms with Crippen molar-refractivity contribution in [3.63, 3.8) is 0 Å². The number of halogens is 6. The lowest BCUT2D eigenvalue weighted by atomic mass is 9.70. The van der Waals surface area contributed by atoms with Crippen molar-refractivity contribution in [1.29, 1.82) is 0 Å². The van der Waals surface area contributed by atoms with Crippen molar-refractivity contribution in [2.24, 2.45) is 0 Å². The Balaban J connectivity index is 0.00000298. The SMILES string of the molecule is CC.CCC(CC)(c1ccc(O)c(C)c1)c1ccc(C#CC(O)(CC(F)(F)F)C(F)(F)F)c(C)c1. The molecule has 2 aromatic rings. The number of hydrogen-bond acceptors (Lipinski definition) is 2. The van der Waals surface area contributed by atoms with E-state index in [-0.39, 0.29) is 11.3 Å². The number of phenols is 1. The molecule has 0 spiro atoms. The molecule has 0 aliphatic rings. The summed E-state index contributed by atoms with van der Waals surface area (Å²) in [6.07, 6.45) is -11.9. The third kappa shape index (κ3) is 6.94. The molecule has 0 amide bonds. The van der Waals surface area contributed by atoms with E-state index in [9.17, 15) is 36.6 Å². The fourth-order valence-electron chi connectivity index (χ4n) is 3.96. The highest BCUT2D eigenvalue weighted by Crippen LogP contribution is 2.41. The molecule has 2 rings (SSSR count). The predicted octanol–water partition coefficient (Wildman–Crippen LogP) is 7.74. The molecule has 0 saturated carbocycles. The number of aliphatic hydroxyl groups is 1. The molecule has 0 bridgehead atoms. The first-order valence-corrected chi connectivity index (χ1v) is 11.4. The average molecular weight is 503 g/mol. The van der Waals surface area contributed by atoms with Gasteiger partial charge in [-0.25, -0.2) is 0 Å². The second kappa shape index (κ2) is 11.4. The van der Waals surface area contributed by atoms with Crippen LogP contribution in [-0.2, 0) is 5.41 Å². The third-order valence-corrected chi connectivity index (χ3v) is 6.06. The van der Waals surface area contributed by atoms with E-state index in [1.807, 2.05) is 39.8 Å². The standard InChI is InChI=1S/C25H26F6O2.C2H6/c1-5-22(6-2,20-9-10-21(32)17(4)14-20)19-8-7-18(16(3)13-19)11-12-23(33,25(29,30)31)15-24(26,27)28;1-2/h7-10,13-14,32-33H,5-6,15H2,1-4H3;1-2H3. The van der Waals surface area contributed by atoms with Crippen LogP contribution in [0.5, 0.6) is 5.75 Å². The van der Waals surface area contributed by atoms with Crippen LogP contribution >= 0.6 is 0 Å². The smallest absolute Gasteiger partial charge is 0.429 e. The zero-order valence-corrected chi connectivity index (χ0v) is 20.7. The van der Waals surface area contributed by atoms with E-state index in [0.29, 0.717) is 24.0 Å². The molecule has 0 heterocycles. The van der Waals surface area contributed by atoms with Crippen LogP contribution in [0.4, 0.5) is 26.3 Å². The van der Waals surface area contributed by atoms with Gasteiger partial charge in [0, 0.05) is 11.0 Å². The lowest BCUT2D eigenvalue weighted by Gasteiger charge is -2.34. The van der Waals surface area contributed by atoms with Crippen LogP contribution in [-0.4, -0.2) is 28.2 Å². The Morgan fingerprint density at radius 2 is 1.29 bits per heavy atom. The monoisotopic (exact) mass is 502 g/mol. The number of benzene rings is 2. The molecule has 0 aromatic heterocycles. The second-order valence-corrected chi connectivity index (χ2v) is 8.22. The van der Waals surface area contributed by atoms with Crippen molar-refractivity contribution in [3.8, 4) is 17.6 Å². The minimum Gasteiger partial charge on any atom is -0.508 e. The molecule has 194 valence electrons. The Labute approximate surface area is 203 Å². The van der Waals surface area contributed by atoms with Crippen LogP contribution in [0.15, 0.2) is 36.4 Å². The van der Waals surface area contributed by atoms with Crippen molar-refractivity contribution in [1.82, 2.24) is 0 Å². The minimum absolute atomic E-state index is 0.0894. The summed E-state index contributed by atoms with van der Waals surface area (Å²) >= 11 is 0. The highest BCUT2D eigenvalue weighted by molar-refractivity contribution is 5.50. The highest BCUT2D eigenvalue weighted by atomic mass is 19.4. The van der Waals surface area contributed by atoms with E-state index in [2.05, 4.69) is 5.92 Å². The maximum absolute atomic E-state index is 13.1. The topological polar surface area (TPSA) is 40.5 Å². The zero-order chi connectivity index (χ0) is 27.2. The van der Waals surface area contributed by atoms with Gasteiger partial charge in [0.1, 0.15) is 5.75 Å². The molecule has 1 unspecified atom stereocenters. The predicted molar refractivity (Wildman–Crippen MR) is 125 cm³/mol. The summed E-state index contributed by atoms with van der Waals surface area (Å²) in [4.78, 5) is 0. The fraction of sp³-hybridized carbons (Fsp3) is 0.481. The molecule has 0 aliphatic carbocycles. The molecule has 2 nitrogen and oxygen atoms in total. The van der Waals surface area contributed by atoms with Gasteiger partial charge < -0.3 is 10.2 Å². The average Bonchev–Trinajstić information content (AvgIpc) is 2.76. The van der Waals surface area contributed by atoms with E-state index in [1.165, 1.54) is 12.0 Å². The first kappa shape index (κ1) is 30.4. The van der Waals surface area contributed by atoms with Crippen LogP contribution < -0.4 is 0 Å². The molecule has 0 radical (unpaired) electrons. The third-order valence-electron chi connectivity index (χ3n) is 6.06. The van der Waals surface area contributed by atoms with E-state index in [0.717, 1.165) is 11.1 Å². The largest absolute Gasteiger partial charge is 0.508 e. The summed E-state index contributed by atoms with van der Waals surface area (Å²) in [6.45, 7) is 11.4. The Hall–Kier alpha value is -2.66. The summed E-state index contributed by atoms with van der Waals surface area (Å²) in [6, 6.07) is 10.2. The first-order chi connectivity index (χ1) is 16.1. The van der Waals surface area contributed by atoms with Crippen LogP contribution in [0.25, 0.3) is 0 Å². The number of phenolic OH excluding ortho intramolecular Hbond substituents is 1. The quantitative estimate of drug-likeness (QED) is 0.324. The molecule has 1 atom stereocenters. The molecular weight excluding hydrogens is 470 g/mol. The molecule has 35 heavy (non-hydrogen) atoms. The van der Waals surface area contributed by atoms with Crippen molar-refractivity contribution >= 4 is 0 Å². The van der Waals surface area contributed by atoms with E-state index in [4.69, 9.17) is 0 Å². The molecule has 8 heteroatoms. The maximum atomic E-state index is 13.1. The van der Waals surface area contributed by atoms with Gasteiger partial charge in [0.25, 0.3) is 0 Å². The highest BCUT2D eigenvalue weighted by Gasteiger charge is 2.58. The summed E-state index contributed by atoms with van der Waals surface area (Å²) < 4.78 is 77.2.